The summed E-state index contributed by atoms with van der Waals surface area (Å²) in [7, 11) is 0. The summed E-state index contributed by atoms with van der Waals surface area (Å²) in [6.07, 6.45) is 5.08. The highest BCUT2D eigenvalue weighted by Crippen LogP contribution is 2.21. The summed E-state index contributed by atoms with van der Waals surface area (Å²) in [5.74, 6) is 0. The van der Waals surface area contributed by atoms with Crippen LogP contribution in [0, 0.1) is 0 Å². The van der Waals surface area contributed by atoms with Crippen molar-refractivity contribution in [2.24, 2.45) is 5.73 Å². The molecule has 4 heteroatoms. The van der Waals surface area contributed by atoms with Crippen molar-refractivity contribution in [3.63, 3.8) is 0 Å². The van der Waals surface area contributed by atoms with Crippen LogP contribution in [-0.2, 0) is 0 Å². The lowest BCUT2D eigenvalue weighted by atomic mass is 10.2. The number of rotatable bonds is 7. The van der Waals surface area contributed by atoms with Crippen LogP contribution in [0.1, 0.15) is 38.2 Å². The first-order valence-corrected chi connectivity index (χ1v) is 7.18. The molecule has 0 saturated carbocycles. The molecule has 3 N–H and O–H groups in total. The Morgan fingerprint density at radius 2 is 2.12 bits per heavy atom. The molecule has 0 radical (unpaired) electrons. The summed E-state index contributed by atoms with van der Waals surface area (Å²) >= 11 is 8.43. The van der Waals surface area contributed by atoms with Gasteiger partial charge in [0.25, 0.3) is 0 Å². The second-order valence-electron chi connectivity index (χ2n) is 4.05. The molecule has 94 valence electrons. The summed E-state index contributed by atoms with van der Waals surface area (Å²) in [5, 5.41) is 3.40. The van der Waals surface area contributed by atoms with Crippen LogP contribution in [0.3, 0.4) is 0 Å². The van der Waals surface area contributed by atoms with Crippen molar-refractivity contribution < 1.29 is 0 Å². The fraction of sp³-hybridized carbons (Fsp3) is 0.462. The Labute approximate surface area is 117 Å². The van der Waals surface area contributed by atoms with Gasteiger partial charge in [0.1, 0.15) is 4.99 Å². The lowest BCUT2D eigenvalue weighted by molar-refractivity contribution is 0.685. The zero-order chi connectivity index (χ0) is 12.7. The van der Waals surface area contributed by atoms with Crippen LogP contribution >= 0.6 is 28.1 Å². The minimum atomic E-state index is 0.423. The van der Waals surface area contributed by atoms with Crippen LogP contribution in [0.15, 0.2) is 22.7 Å². The quantitative estimate of drug-likeness (QED) is 0.588. The van der Waals surface area contributed by atoms with E-state index in [4.69, 9.17) is 18.0 Å². The molecular formula is C13H19BrN2S. The third-order valence-electron chi connectivity index (χ3n) is 2.59. The normalized spacial score (nSPS) is 10.2. The molecule has 17 heavy (non-hydrogen) atoms. The molecule has 0 aliphatic rings. The maximum Gasteiger partial charge on any atom is 0.105 e. The van der Waals surface area contributed by atoms with Crippen LogP contribution in [0.2, 0.25) is 0 Å². The minimum absolute atomic E-state index is 0.423. The molecule has 0 atom stereocenters. The van der Waals surface area contributed by atoms with E-state index < -0.39 is 0 Å². The lowest BCUT2D eigenvalue weighted by Crippen LogP contribution is -2.10. The van der Waals surface area contributed by atoms with Gasteiger partial charge in [0, 0.05) is 22.3 Å². The monoisotopic (exact) mass is 314 g/mol. The van der Waals surface area contributed by atoms with Gasteiger partial charge in [-0.2, -0.15) is 0 Å². The largest absolute Gasteiger partial charge is 0.389 e. The molecule has 0 aromatic heterocycles. The van der Waals surface area contributed by atoms with Crippen LogP contribution in [-0.4, -0.2) is 11.5 Å². The molecule has 0 heterocycles. The van der Waals surface area contributed by atoms with Crippen LogP contribution in [0.5, 0.6) is 0 Å². The highest BCUT2D eigenvalue weighted by atomic mass is 79.9. The number of halogens is 1. The van der Waals surface area contributed by atoms with E-state index >= 15 is 0 Å². The average molecular weight is 315 g/mol. The molecule has 0 fully saturated rings. The first kappa shape index (κ1) is 14.5. The van der Waals surface area contributed by atoms with E-state index in [1.807, 2.05) is 18.2 Å². The number of thiocarbonyl (C=S) groups is 1. The molecule has 2 nitrogen and oxygen atoms in total. The highest BCUT2D eigenvalue weighted by Gasteiger charge is 2.03. The molecule has 0 aliphatic heterocycles. The number of nitrogens with one attached hydrogen (secondary N) is 1. The SMILES string of the molecule is CCCCCCNc1ccc(C(N)=S)c(Br)c1. The fourth-order valence-electron chi connectivity index (χ4n) is 1.61. The first-order chi connectivity index (χ1) is 8.15. The van der Waals surface area contributed by atoms with E-state index in [9.17, 15) is 0 Å². The second kappa shape index (κ2) is 7.67. The van der Waals surface area contributed by atoms with Crippen molar-refractivity contribution >= 4 is 38.8 Å². The zero-order valence-corrected chi connectivity index (χ0v) is 12.5. The molecule has 0 bridgehead atoms. The zero-order valence-electron chi connectivity index (χ0n) is 10.1. The maximum absolute atomic E-state index is 5.60. The molecule has 0 aliphatic carbocycles. The molecule has 0 saturated heterocycles. The third kappa shape index (κ3) is 5.04. The van der Waals surface area contributed by atoms with E-state index in [0.29, 0.717) is 4.99 Å². The predicted octanol–water partition coefficient (Wildman–Crippen LogP) is 4.08. The Morgan fingerprint density at radius 3 is 2.71 bits per heavy atom. The van der Waals surface area contributed by atoms with Gasteiger partial charge in [-0.25, -0.2) is 0 Å². The lowest BCUT2D eigenvalue weighted by Gasteiger charge is -2.08. The number of benzene rings is 1. The Kier molecular flexibility index (Phi) is 6.52. The summed E-state index contributed by atoms with van der Waals surface area (Å²) < 4.78 is 0.948. The van der Waals surface area contributed by atoms with Gasteiger partial charge in [-0.3, -0.25) is 0 Å². The fourth-order valence-corrected chi connectivity index (χ4v) is 2.51. The summed E-state index contributed by atoms with van der Waals surface area (Å²) in [4.78, 5) is 0.423. The topological polar surface area (TPSA) is 38.0 Å². The molecular weight excluding hydrogens is 296 g/mol. The number of anilines is 1. The highest BCUT2D eigenvalue weighted by molar-refractivity contribution is 9.10. The maximum atomic E-state index is 5.60. The number of hydrogen-bond donors (Lipinski definition) is 2. The Hall–Kier alpha value is -0.610. The standard InChI is InChI=1S/C13H19BrN2S/c1-2-3-4-5-8-16-10-6-7-11(13(15)17)12(14)9-10/h6-7,9,16H,2-5,8H2,1H3,(H2,15,17). The predicted molar refractivity (Wildman–Crippen MR) is 82.7 cm³/mol. The van der Waals surface area contributed by atoms with Gasteiger partial charge in [0.15, 0.2) is 0 Å². The van der Waals surface area contributed by atoms with Gasteiger partial charge in [0.2, 0.25) is 0 Å². The van der Waals surface area contributed by atoms with Gasteiger partial charge in [-0.15, -0.1) is 0 Å². The van der Waals surface area contributed by atoms with Gasteiger partial charge >= 0.3 is 0 Å². The second-order valence-corrected chi connectivity index (χ2v) is 5.34. The third-order valence-corrected chi connectivity index (χ3v) is 3.47. The van der Waals surface area contributed by atoms with E-state index in [0.717, 1.165) is 22.3 Å². The van der Waals surface area contributed by atoms with E-state index in [2.05, 4.69) is 28.2 Å². The smallest absolute Gasteiger partial charge is 0.105 e. The molecule has 1 rings (SSSR count). The number of nitrogens with two attached hydrogens (primary N) is 1. The van der Waals surface area contributed by atoms with E-state index in [1.165, 1.54) is 25.7 Å². The van der Waals surface area contributed by atoms with E-state index in [-0.39, 0.29) is 0 Å². The number of hydrogen-bond acceptors (Lipinski definition) is 2. The van der Waals surface area contributed by atoms with Crippen LogP contribution in [0.4, 0.5) is 5.69 Å². The van der Waals surface area contributed by atoms with Crippen LogP contribution < -0.4 is 11.1 Å². The van der Waals surface area contributed by atoms with Gasteiger partial charge < -0.3 is 11.1 Å². The van der Waals surface area contributed by atoms with Crippen molar-refractivity contribution in [1.29, 1.82) is 0 Å². The van der Waals surface area contributed by atoms with Gasteiger partial charge in [-0.05, 0) is 40.5 Å². The van der Waals surface area contributed by atoms with Crippen LogP contribution in [0.25, 0.3) is 0 Å². The van der Waals surface area contributed by atoms with Crippen molar-refractivity contribution in [2.75, 3.05) is 11.9 Å². The molecule has 0 unspecified atom stereocenters. The Morgan fingerprint density at radius 1 is 1.35 bits per heavy atom. The summed E-state index contributed by atoms with van der Waals surface area (Å²) in [6.45, 7) is 3.23. The van der Waals surface area contributed by atoms with Gasteiger partial charge in [0.05, 0.1) is 0 Å². The molecule has 1 aromatic rings. The Balaban J connectivity index is 2.45. The average Bonchev–Trinajstić information content (AvgIpc) is 2.28. The summed E-state index contributed by atoms with van der Waals surface area (Å²) in [6, 6.07) is 5.98. The minimum Gasteiger partial charge on any atom is -0.389 e. The van der Waals surface area contributed by atoms with Crippen molar-refractivity contribution in [3.8, 4) is 0 Å². The number of unbranched alkanes of at least 4 members (excludes halogenated alkanes) is 3. The molecule has 0 spiro atoms. The summed E-state index contributed by atoms with van der Waals surface area (Å²) in [5.41, 5.74) is 7.59. The first-order valence-electron chi connectivity index (χ1n) is 5.98. The van der Waals surface area contributed by atoms with Crippen molar-refractivity contribution in [1.82, 2.24) is 0 Å². The van der Waals surface area contributed by atoms with Crippen molar-refractivity contribution in [2.45, 2.75) is 32.6 Å². The van der Waals surface area contributed by atoms with Gasteiger partial charge in [-0.1, -0.05) is 38.4 Å². The molecule has 1 aromatic carbocycles. The van der Waals surface area contributed by atoms with Crippen molar-refractivity contribution in [3.05, 3.63) is 28.2 Å². The molecule has 0 amide bonds. The van der Waals surface area contributed by atoms with E-state index in [1.54, 1.807) is 0 Å². The Bertz CT molecular complexity index is 380.